The molecule has 2 bridgehead atoms. The normalized spacial score (nSPS) is 27.1. The van der Waals surface area contributed by atoms with Crippen LogP contribution in [0.5, 0.6) is 0 Å². The zero-order chi connectivity index (χ0) is 18.1. The quantitative estimate of drug-likeness (QED) is 0.620. The van der Waals surface area contributed by atoms with Gasteiger partial charge < -0.3 is 15.2 Å². The molecule has 0 aliphatic heterocycles. The molecule has 4 rings (SSSR count). The Morgan fingerprint density at radius 2 is 1.88 bits per heavy atom. The predicted octanol–water partition coefficient (Wildman–Crippen LogP) is 2.95. The minimum absolute atomic E-state index is 0.0710. The molecule has 1 heterocycles. The molecule has 1 saturated carbocycles. The average Bonchev–Trinajstić information content (AvgIpc) is 3.03. The molecule has 0 unspecified atom stereocenters. The summed E-state index contributed by atoms with van der Waals surface area (Å²) in [5, 5.41) is 12.8. The number of nitrogens with one attached hydrogen (secondary N) is 1. The summed E-state index contributed by atoms with van der Waals surface area (Å²) >= 11 is 1.33. The second-order valence-electron chi connectivity index (χ2n) is 6.47. The Morgan fingerprint density at radius 3 is 2.40 bits per heavy atom. The molecule has 25 heavy (non-hydrogen) atoms. The van der Waals surface area contributed by atoms with Gasteiger partial charge in [-0.2, -0.15) is 0 Å². The highest BCUT2D eigenvalue weighted by Crippen LogP contribution is 2.45. The van der Waals surface area contributed by atoms with Crippen LogP contribution in [0.2, 0.25) is 0 Å². The van der Waals surface area contributed by atoms with Crippen LogP contribution < -0.4 is 5.32 Å². The van der Waals surface area contributed by atoms with Crippen LogP contribution in [-0.2, 0) is 20.7 Å². The molecule has 134 valence electrons. The van der Waals surface area contributed by atoms with Gasteiger partial charge in [0.25, 0.3) is 0 Å². The molecule has 7 heteroatoms. The first-order valence-corrected chi connectivity index (χ1v) is 9.20. The van der Waals surface area contributed by atoms with Crippen LogP contribution in [0.15, 0.2) is 18.2 Å². The number of aryl methyl sites for hydroxylation is 1. The number of anilines is 1. The molecule has 1 fully saturated rings. The molecule has 0 saturated heterocycles. The van der Waals surface area contributed by atoms with Gasteiger partial charge in [-0.05, 0) is 37.2 Å². The minimum Gasteiger partial charge on any atom is -0.481 e. The van der Waals surface area contributed by atoms with E-state index in [0.717, 1.165) is 24.1 Å². The molecule has 2 N–H and O–H groups in total. The fraction of sp³-hybridized carbons (Fsp3) is 0.500. The third-order valence-electron chi connectivity index (χ3n) is 5.11. The van der Waals surface area contributed by atoms with Gasteiger partial charge in [0, 0.05) is 4.88 Å². The van der Waals surface area contributed by atoms with Crippen LogP contribution in [0.1, 0.15) is 35.0 Å². The van der Waals surface area contributed by atoms with E-state index in [1.54, 1.807) is 6.07 Å². The molecule has 0 radical (unpaired) electrons. The minimum atomic E-state index is -0.937. The average molecular weight is 363 g/mol. The molecule has 3 aliphatic rings. The van der Waals surface area contributed by atoms with Crippen molar-refractivity contribution in [3.63, 3.8) is 0 Å². The molecule has 1 aromatic heterocycles. The van der Waals surface area contributed by atoms with Gasteiger partial charge in [0.05, 0.1) is 24.5 Å². The lowest BCUT2D eigenvalue weighted by atomic mass is 9.62. The zero-order valence-corrected chi connectivity index (χ0v) is 15.0. The summed E-state index contributed by atoms with van der Waals surface area (Å²) in [6, 6.07) is 1.72. The van der Waals surface area contributed by atoms with E-state index < -0.39 is 23.8 Å². The third kappa shape index (κ3) is 3.20. The molecule has 1 aromatic rings. The van der Waals surface area contributed by atoms with Crippen molar-refractivity contribution in [1.29, 1.82) is 0 Å². The Kier molecular flexibility index (Phi) is 4.94. The summed E-state index contributed by atoms with van der Waals surface area (Å²) in [7, 11) is 1.29. The smallest absolute Gasteiger partial charge is 0.340 e. The summed E-state index contributed by atoms with van der Waals surface area (Å²) in [5.74, 6) is -3.28. The van der Waals surface area contributed by atoms with E-state index in [0.29, 0.717) is 10.6 Å². The number of fused-ring (bicyclic) bond motifs is 2. The number of thiophene rings is 1. The van der Waals surface area contributed by atoms with E-state index in [-0.39, 0.29) is 17.7 Å². The number of ether oxygens (including phenoxy) is 1. The fourth-order valence-electron chi connectivity index (χ4n) is 3.85. The molecule has 1 amide bonds. The molecule has 0 spiro atoms. The number of amides is 1. The van der Waals surface area contributed by atoms with Crippen molar-refractivity contribution in [1.82, 2.24) is 0 Å². The number of carbonyl (C=O) groups excluding carboxylic acids is 2. The second kappa shape index (κ2) is 7.00. The number of carbonyl (C=O) groups is 3. The highest BCUT2D eigenvalue weighted by Gasteiger charge is 2.48. The van der Waals surface area contributed by atoms with Crippen LogP contribution >= 0.6 is 11.3 Å². The SMILES string of the molecule is CCc1cc(C(=O)OC)c(NC(=O)[C@@H]2[C@@H](C(=O)O)[C@H]3C=C[C@@H]2CC3)s1. The highest BCUT2D eigenvalue weighted by atomic mass is 32.1. The van der Waals surface area contributed by atoms with Crippen LogP contribution in [0.25, 0.3) is 0 Å². The lowest BCUT2D eigenvalue weighted by Crippen LogP contribution is -2.47. The lowest BCUT2D eigenvalue weighted by molar-refractivity contribution is -0.151. The van der Waals surface area contributed by atoms with E-state index in [1.807, 2.05) is 19.1 Å². The van der Waals surface area contributed by atoms with Crippen molar-refractivity contribution in [2.75, 3.05) is 12.4 Å². The van der Waals surface area contributed by atoms with Gasteiger partial charge in [0.1, 0.15) is 5.00 Å². The molecule has 3 aliphatic carbocycles. The van der Waals surface area contributed by atoms with Gasteiger partial charge in [-0.3, -0.25) is 9.59 Å². The predicted molar refractivity (Wildman–Crippen MR) is 93.6 cm³/mol. The van der Waals surface area contributed by atoms with Crippen molar-refractivity contribution in [3.8, 4) is 0 Å². The maximum absolute atomic E-state index is 12.9. The maximum Gasteiger partial charge on any atom is 0.340 e. The third-order valence-corrected chi connectivity index (χ3v) is 6.30. The number of aliphatic carboxylic acids is 1. The van der Waals surface area contributed by atoms with E-state index in [9.17, 15) is 19.5 Å². The number of carboxylic acids is 1. The maximum atomic E-state index is 12.9. The van der Waals surface area contributed by atoms with Gasteiger partial charge >= 0.3 is 11.9 Å². The van der Waals surface area contributed by atoms with Gasteiger partial charge in [0.15, 0.2) is 0 Å². The van der Waals surface area contributed by atoms with Gasteiger partial charge in [0.2, 0.25) is 5.91 Å². The Bertz CT molecular complexity index is 738. The van der Waals surface area contributed by atoms with Crippen molar-refractivity contribution in [3.05, 3.63) is 28.7 Å². The molecular weight excluding hydrogens is 342 g/mol. The number of hydrogen-bond donors (Lipinski definition) is 2. The van der Waals surface area contributed by atoms with Crippen molar-refractivity contribution >= 4 is 34.2 Å². The summed E-state index contributed by atoms with van der Waals surface area (Å²) in [4.78, 5) is 37.5. The number of esters is 1. The van der Waals surface area contributed by atoms with Crippen molar-refractivity contribution in [2.24, 2.45) is 23.7 Å². The summed E-state index contributed by atoms with van der Waals surface area (Å²) in [6.07, 6.45) is 6.24. The Labute approximate surface area is 149 Å². The van der Waals surface area contributed by atoms with Crippen molar-refractivity contribution < 1.29 is 24.2 Å². The molecular formula is C18H21NO5S. The Hall–Kier alpha value is -2.15. The summed E-state index contributed by atoms with van der Waals surface area (Å²) in [6.45, 7) is 1.96. The molecule has 0 aromatic carbocycles. The van der Waals surface area contributed by atoms with Crippen LogP contribution in [-0.4, -0.2) is 30.1 Å². The van der Waals surface area contributed by atoms with E-state index in [2.05, 4.69) is 5.32 Å². The van der Waals surface area contributed by atoms with Crippen LogP contribution in [0.3, 0.4) is 0 Å². The first-order chi connectivity index (χ1) is 12.0. The van der Waals surface area contributed by atoms with Gasteiger partial charge in [-0.15, -0.1) is 11.3 Å². The first-order valence-electron chi connectivity index (χ1n) is 8.39. The number of rotatable bonds is 5. The fourth-order valence-corrected chi connectivity index (χ4v) is 4.84. The Morgan fingerprint density at radius 1 is 1.24 bits per heavy atom. The van der Waals surface area contributed by atoms with E-state index >= 15 is 0 Å². The van der Waals surface area contributed by atoms with Gasteiger partial charge in [-0.25, -0.2) is 4.79 Å². The second-order valence-corrected chi connectivity index (χ2v) is 7.61. The summed E-state index contributed by atoms with van der Waals surface area (Å²) < 4.78 is 4.78. The molecule has 6 nitrogen and oxygen atoms in total. The largest absolute Gasteiger partial charge is 0.481 e. The van der Waals surface area contributed by atoms with Crippen LogP contribution in [0, 0.1) is 23.7 Å². The summed E-state index contributed by atoms with van der Waals surface area (Å²) in [5.41, 5.74) is 0.320. The Balaban J connectivity index is 1.87. The van der Waals surface area contributed by atoms with Gasteiger partial charge in [-0.1, -0.05) is 19.1 Å². The van der Waals surface area contributed by atoms with Crippen molar-refractivity contribution in [2.45, 2.75) is 26.2 Å². The number of methoxy groups -OCH3 is 1. The topological polar surface area (TPSA) is 92.7 Å². The number of carboxylic acid groups (broad SMARTS) is 1. The lowest BCUT2D eigenvalue weighted by Gasteiger charge is -2.41. The zero-order valence-electron chi connectivity index (χ0n) is 14.2. The first kappa shape index (κ1) is 17.7. The van der Waals surface area contributed by atoms with E-state index in [4.69, 9.17) is 4.74 Å². The highest BCUT2D eigenvalue weighted by molar-refractivity contribution is 7.16. The van der Waals surface area contributed by atoms with E-state index in [1.165, 1.54) is 18.4 Å². The molecule has 4 atom stereocenters. The van der Waals surface area contributed by atoms with Crippen LogP contribution in [0.4, 0.5) is 5.00 Å². The standard InChI is InChI=1S/C18H21NO5S/c1-3-11-8-12(18(23)24-2)16(25-11)19-15(20)13-9-4-6-10(7-5-9)14(13)17(21)22/h4,6,8-10,13-14H,3,5,7H2,1-2H3,(H,19,20)(H,21,22)/t9-,10+,13+,14+/m1/s1. The monoisotopic (exact) mass is 363 g/mol. The number of hydrogen-bond acceptors (Lipinski definition) is 5. The number of allylic oxidation sites excluding steroid dienone is 2.